The standard InChI is InChI=1S/C16H23N5O/c1-11-8-13(3)21(18-11)10-15(22)20-7-5-6-14(20)16-17-12(2)9-19(16)4/h8-9,14H,5-7,10H2,1-4H3/t14-/m0/s1. The molecule has 1 saturated heterocycles. The van der Waals surface area contributed by atoms with Crippen molar-refractivity contribution in [2.24, 2.45) is 7.05 Å². The molecule has 2 aromatic heterocycles. The van der Waals surface area contributed by atoms with E-state index in [9.17, 15) is 4.79 Å². The molecule has 1 aliphatic rings. The first-order chi connectivity index (χ1) is 10.5. The van der Waals surface area contributed by atoms with Gasteiger partial charge in [0, 0.05) is 25.5 Å². The highest BCUT2D eigenvalue weighted by molar-refractivity contribution is 5.76. The smallest absolute Gasteiger partial charge is 0.244 e. The molecule has 0 spiro atoms. The van der Waals surface area contributed by atoms with Gasteiger partial charge in [-0.15, -0.1) is 0 Å². The summed E-state index contributed by atoms with van der Waals surface area (Å²) < 4.78 is 3.83. The van der Waals surface area contributed by atoms with E-state index in [4.69, 9.17) is 0 Å². The molecule has 1 fully saturated rings. The molecular weight excluding hydrogens is 278 g/mol. The third kappa shape index (κ3) is 2.65. The van der Waals surface area contributed by atoms with Crippen molar-refractivity contribution in [3.05, 3.63) is 35.2 Å². The van der Waals surface area contributed by atoms with E-state index in [1.165, 1.54) is 0 Å². The summed E-state index contributed by atoms with van der Waals surface area (Å²) in [5.74, 6) is 1.10. The van der Waals surface area contributed by atoms with Gasteiger partial charge in [0.15, 0.2) is 0 Å². The van der Waals surface area contributed by atoms with E-state index >= 15 is 0 Å². The number of carbonyl (C=O) groups is 1. The summed E-state index contributed by atoms with van der Waals surface area (Å²) in [6.07, 6.45) is 4.02. The van der Waals surface area contributed by atoms with Crippen LogP contribution in [0.5, 0.6) is 0 Å². The Morgan fingerprint density at radius 1 is 1.32 bits per heavy atom. The average molecular weight is 301 g/mol. The first kappa shape index (κ1) is 14.8. The molecule has 2 aromatic rings. The Morgan fingerprint density at radius 3 is 2.68 bits per heavy atom. The summed E-state index contributed by atoms with van der Waals surface area (Å²) in [4.78, 5) is 19.3. The number of aryl methyl sites for hydroxylation is 4. The van der Waals surface area contributed by atoms with Gasteiger partial charge in [-0.1, -0.05) is 0 Å². The van der Waals surface area contributed by atoms with E-state index in [0.29, 0.717) is 6.54 Å². The van der Waals surface area contributed by atoms with Crippen molar-refractivity contribution in [2.75, 3.05) is 6.54 Å². The Kier molecular flexibility index (Phi) is 3.76. The van der Waals surface area contributed by atoms with Crippen LogP contribution in [0.4, 0.5) is 0 Å². The van der Waals surface area contributed by atoms with Crippen molar-refractivity contribution in [2.45, 2.75) is 46.2 Å². The Morgan fingerprint density at radius 2 is 2.09 bits per heavy atom. The van der Waals surface area contributed by atoms with Crippen LogP contribution in [0.25, 0.3) is 0 Å². The van der Waals surface area contributed by atoms with E-state index in [2.05, 4.69) is 10.1 Å². The highest BCUT2D eigenvalue weighted by atomic mass is 16.2. The van der Waals surface area contributed by atoms with E-state index in [1.54, 1.807) is 4.68 Å². The zero-order valence-corrected chi connectivity index (χ0v) is 13.7. The van der Waals surface area contributed by atoms with Crippen LogP contribution in [0.1, 0.15) is 41.8 Å². The summed E-state index contributed by atoms with van der Waals surface area (Å²) in [6.45, 7) is 7.02. The van der Waals surface area contributed by atoms with Crippen molar-refractivity contribution in [1.29, 1.82) is 0 Å². The first-order valence-corrected chi connectivity index (χ1v) is 7.76. The van der Waals surface area contributed by atoms with Crippen LogP contribution in [-0.2, 0) is 18.4 Å². The minimum atomic E-state index is 0.0863. The summed E-state index contributed by atoms with van der Waals surface area (Å²) in [7, 11) is 2.00. The van der Waals surface area contributed by atoms with Crippen LogP contribution in [0.2, 0.25) is 0 Å². The van der Waals surface area contributed by atoms with Crippen molar-refractivity contribution >= 4 is 5.91 Å². The minimum Gasteiger partial charge on any atom is -0.336 e. The number of amides is 1. The molecule has 22 heavy (non-hydrogen) atoms. The highest BCUT2D eigenvalue weighted by Crippen LogP contribution is 2.31. The van der Waals surface area contributed by atoms with E-state index in [-0.39, 0.29) is 11.9 Å². The molecule has 0 aromatic carbocycles. The second-order valence-electron chi connectivity index (χ2n) is 6.18. The van der Waals surface area contributed by atoms with Crippen molar-refractivity contribution in [3.8, 4) is 0 Å². The molecule has 0 radical (unpaired) electrons. The number of carbonyl (C=O) groups excluding carboxylic acids is 1. The Hall–Kier alpha value is -2.11. The predicted molar refractivity (Wildman–Crippen MR) is 83.3 cm³/mol. The number of hydrogen-bond donors (Lipinski definition) is 0. The van der Waals surface area contributed by atoms with Crippen LogP contribution in [-0.4, -0.2) is 36.7 Å². The van der Waals surface area contributed by atoms with Crippen LogP contribution >= 0.6 is 0 Å². The van der Waals surface area contributed by atoms with Crippen molar-refractivity contribution < 1.29 is 4.79 Å². The SMILES string of the molecule is Cc1cn(C)c([C@@H]2CCCN2C(=O)Cn2nc(C)cc2C)n1. The number of aromatic nitrogens is 4. The third-order valence-electron chi connectivity index (χ3n) is 4.29. The number of imidazole rings is 1. The second-order valence-corrected chi connectivity index (χ2v) is 6.18. The maximum Gasteiger partial charge on any atom is 0.244 e. The van der Waals surface area contributed by atoms with E-state index in [1.807, 2.05) is 49.5 Å². The molecule has 0 aliphatic carbocycles. The Bertz CT molecular complexity index is 699. The van der Waals surface area contributed by atoms with Crippen LogP contribution in [0.15, 0.2) is 12.3 Å². The molecule has 0 bridgehead atoms. The lowest BCUT2D eigenvalue weighted by Gasteiger charge is -2.24. The van der Waals surface area contributed by atoms with Gasteiger partial charge in [-0.25, -0.2) is 4.98 Å². The fraction of sp³-hybridized carbons (Fsp3) is 0.562. The molecule has 1 aliphatic heterocycles. The normalized spacial score (nSPS) is 18.2. The van der Waals surface area contributed by atoms with Crippen LogP contribution < -0.4 is 0 Å². The van der Waals surface area contributed by atoms with Crippen LogP contribution in [0.3, 0.4) is 0 Å². The largest absolute Gasteiger partial charge is 0.336 e. The molecule has 3 heterocycles. The second kappa shape index (κ2) is 5.59. The summed E-state index contributed by atoms with van der Waals surface area (Å²) in [5, 5.41) is 4.39. The molecule has 1 amide bonds. The van der Waals surface area contributed by atoms with Gasteiger partial charge in [-0.05, 0) is 39.7 Å². The molecule has 1 atom stereocenters. The van der Waals surface area contributed by atoms with Gasteiger partial charge in [-0.2, -0.15) is 5.10 Å². The third-order valence-corrected chi connectivity index (χ3v) is 4.29. The lowest BCUT2D eigenvalue weighted by Crippen LogP contribution is -2.34. The van der Waals surface area contributed by atoms with Gasteiger partial charge in [0.05, 0.1) is 17.4 Å². The zero-order valence-electron chi connectivity index (χ0n) is 13.7. The predicted octanol–water partition coefficient (Wildman–Crippen LogP) is 1.91. The quantitative estimate of drug-likeness (QED) is 0.870. The minimum absolute atomic E-state index is 0.0863. The van der Waals surface area contributed by atoms with Gasteiger partial charge < -0.3 is 9.47 Å². The Labute approximate surface area is 130 Å². The maximum absolute atomic E-state index is 12.7. The molecular formula is C16H23N5O. The molecule has 0 N–H and O–H groups in total. The highest BCUT2D eigenvalue weighted by Gasteiger charge is 2.32. The van der Waals surface area contributed by atoms with Gasteiger partial charge >= 0.3 is 0 Å². The molecule has 118 valence electrons. The van der Waals surface area contributed by atoms with Gasteiger partial charge in [0.25, 0.3) is 0 Å². The van der Waals surface area contributed by atoms with Gasteiger partial charge in [-0.3, -0.25) is 9.48 Å². The summed E-state index contributed by atoms with van der Waals surface area (Å²) in [5.41, 5.74) is 2.97. The lowest BCUT2D eigenvalue weighted by molar-refractivity contribution is -0.133. The number of hydrogen-bond acceptors (Lipinski definition) is 3. The lowest BCUT2D eigenvalue weighted by atomic mass is 10.2. The topological polar surface area (TPSA) is 56.0 Å². The summed E-state index contributed by atoms with van der Waals surface area (Å²) in [6, 6.07) is 2.08. The fourth-order valence-electron chi connectivity index (χ4n) is 3.33. The maximum atomic E-state index is 12.7. The van der Waals surface area contributed by atoms with Crippen LogP contribution in [0, 0.1) is 20.8 Å². The number of likely N-dealkylation sites (tertiary alicyclic amines) is 1. The molecule has 3 rings (SSSR count). The first-order valence-electron chi connectivity index (χ1n) is 7.76. The van der Waals surface area contributed by atoms with Gasteiger partial charge in [0.1, 0.15) is 12.4 Å². The molecule has 6 nitrogen and oxygen atoms in total. The Balaban J connectivity index is 1.79. The van der Waals surface area contributed by atoms with Crippen molar-refractivity contribution in [1.82, 2.24) is 24.2 Å². The average Bonchev–Trinajstić information content (AvgIpc) is 3.10. The number of rotatable bonds is 3. The van der Waals surface area contributed by atoms with Crippen molar-refractivity contribution in [3.63, 3.8) is 0 Å². The summed E-state index contributed by atoms with van der Waals surface area (Å²) >= 11 is 0. The molecule has 0 saturated carbocycles. The fourth-order valence-corrected chi connectivity index (χ4v) is 3.33. The zero-order chi connectivity index (χ0) is 15.9. The molecule has 6 heteroatoms. The van der Waals surface area contributed by atoms with E-state index < -0.39 is 0 Å². The number of nitrogens with zero attached hydrogens (tertiary/aromatic N) is 5. The monoisotopic (exact) mass is 301 g/mol. The van der Waals surface area contributed by atoms with Gasteiger partial charge in [0.2, 0.25) is 5.91 Å². The molecule has 0 unspecified atom stereocenters. The van der Waals surface area contributed by atoms with E-state index in [0.717, 1.165) is 42.3 Å².